The van der Waals surface area contributed by atoms with Crippen molar-refractivity contribution in [2.24, 2.45) is 0 Å². The van der Waals surface area contributed by atoms with Crippen LogP contribution >= 0.6 is 0 Å². The van der Waals surface area contributed by atoms with Crippen molar-refractivity contribution in [3.05, 3.63) is 53.6 Å². The van der Waals surface area contributed by atoms with Crippen molar-refractivity contribution in [1.29, 1.82) is 0 Å². The smallest absolute Gasteiger partial charge is 0.338 e. The van der Waals surface area contributed by atoms with Gasteiger partial charge in [-0.05, 0) is 24.3 Å². The Morgan fingerprint density at radius 1 is 1.29 bits per heavy atom. The number of carboxylic acid groups (broad SMARTS) is 1. The Labute approximate surface area is 119 Å². The monoisotopic (exact) mass is 290 g/mol. The Morgan fingerprint density at radius 2 is 2.05 bits per heavy atom. The minimum atomic E-state index is -1.41. The SMILES string of the molecule is COc1cnccc1C(=O)Nc1ccc(F)c(C(=O)O)c1. The number of anilines is 1. The van der Waals surface area contributed by atoms with Gasteiger partial charge in [0, 0.05) is 11.9 Å². The zero-order valence-corrected chi connectivity index (χ0v) is 11.0. The van der Waals surface area contributed by atoms with Crippen LogP contribution in [0.4, 0.5) is 10.1 Å². The molecule has 0 aliphatic carbocycles. The van der Waals surface area contributed by atoms with Crippen molar-refractivity contribution in [2.75, 3.05) is 12.4 Å². The van der Waals surface area contributed by atoms with E-state index in [1.807, 2.05) is 0 Å². The van der Waals surface area contributed by atoms with E-state index in [1.165, 1.54) is 31.6 Å². The molecular formula is C14H11FN2O4. The summed E-state index contributed by atoms with van der Waals surface area (Å²) in [5.41, 5.74) is -0.124. The summed E-state index contributed by atoms with van der Waals surface area (Å²) in [6.07, 6.45) is 2.80. The van der Waals surface area contributed by atoms with Gasteiger partial charge in [-0.3, -0.25) is 9.78 Å². The Bertz CT molecular complexity index is 703. The molecule has 2 N–H and O–H groups in total. The van der Waals surface area contributed by atoms with Gasteiger partial charge in [0.15, 0.2) is 0 Å². The van der Waals surface area contributed by atoms with Crippen LogP contribution in [-0.4, -0.2) is 29.1 Å². The first-order valence-electron chi connectivity index (χ1n) is 5.85. The summed E-state index contributed by atoms with van der Waals surface area (Å²) in [5.74, 6) is -2.53. The van der Waals surface area contributed by atoms with E-state index in [0.29, 0.717) is 0 Å². The molecular weight excluding hydrogens is 279 g/mol. The van der Waals surface area contributed by atoms with E-state index in [2.05, 4.69) is 10.3 Å². The fourth-order valence-electron chi connectivity index (χ4n) is 1.70. The van der Waals surface area contributed by atoms with Gasteiger partial charge in [0.25, 0.3) is 5.91 Å². The molecule has 0 atom stereocenters. The third-order valence-corrected chi connectivity index (χ3v) is 2.70. The maximum Gasteiger partial charge on any atom is 0.338 e. The summed E-state index contributed by atoms with van der Waals surface area (Å²) < 4.78 is 18.3. The molecule has 108 valence electrons. The standard InChI is InChI=1S/C14H11FN2O4/c1-21-12-7-16-5-4-9(12)13(18)17-8-2-3-11(15)10(6-8)14(19)20/h2-7H,1H3,(H,17,18)(H,19,20). The number of pyridine rings is 1. The minimum Gasteiger partial charge on any atom is -0.494 e. The van der Waals surface area contributed by atoms with Crippen LogP contribution in [0.25, 0.3) is 0 Å². The summed E-state index contributed by atoms with van der Waals surface area (Å²) in [5, 5.41) is 11.3. The van der Waals surface area contributed by atoms with E-state index in [9.17, 15) is 14.0 Å². The quantitative estimate of drug-likeness (QED) is 0.901. The highest BCUT2D eigenvalue weighted by molar-refractivity contribution is 6.06. The molecule has 1 aromatic carbocycles. The number of carboxylic acids is 1. The highest BCUT2D eigenvalue weighted by Crippen LogP contribution is 2.19. The molecule has 21 heavy (non-hydrogen) atoms. The maximum atomic E-state index is 13.3. The molecule has 0 aliphatic rings. The van der Waals surface area contributed by atoms with E-state index in [4.69, 9.17) is 9.84 Å². The number of ether oxygens (including phenoxy) is 1. The number of carbonyl (C=O) groups is 2. The number of benzene rings is 1. The molecule has 1 heterocycles. The molecule has 0 saturated carbocycles. The van der Waals surface area contributed by atoms with Crippen LogP contribution in [0.3, 0.4) is 0 Å². The van der Waals surface area contributed by atoms with Gasteiger partial charge in [-0.1, -0.05) is 0 Å². The predicted octanol–water partition coefficient (Wildman–Crippen LogP) is 2.18. The largest absolute Gasteiger partial charge is 0.494 e. The highest BCUT2D eigenvalue weighted by Gasteiger charge is 2.15. The molecule has 0 fully saturated rings. The number of carbonyl (C=O) groups excluding carboxylic acids is 1. The molecule has 1 amide bonds. The predicted molar refractivity (Wildman–Crippen MR) is 72.1 cm³/mol. The normalized spacial score (nSPS) is 10.0. The molecule has 2 rings (SSSR count). The maximum absolute atomic E-state index is 13.3. The first-order valence-corrected chi connectivity index (χ1v) is 5.85. The summed E-state index contributed by atoms with van der Waals surface area (Å²) >= 11 is 0. The molecule has 0 aliphatic heterocycles. The second-order valence-electron chi connectivity index (χ2n) is 4.03. The van der Waals surface area contributed by atoms with Crippen LogP contribution in [0, 0.1) is 5.82 Å². The lowest BCUT2D eigenvalue weighted by Gasteiger charge is -2.09. The van der Waals surface area contributed by atoms with Gasteiger partial charge in [-0.15, -0.1) is 0 Å². The molecule has 1 aromatic heterocycles. The molecule has 6 nitrogen and oxygen atoms in total. The molecule has 7 heteroatoms. The van der Waals surface area contributed by atoms with E-state index in [-0.39, 0.29) is 17.0 Å². The van der Waals surface area contributed by atoms with Gasteiger partial charge in [0.1, 0.15) is 11.6 Å². The number of nitrogens with zero attached hydrogens (tertiary/aromatic N) is 1. The van der Waals surface area contributed by atoms with E-state index in [0.717, 1.165) is 12.1 Å². The Balaban J connectivity index is 2.28. The molecule has 0 spiro atoms. The number of hydrogen-bond donors (Lipinski definition) is 2. The second-order valence-corrected chi connectivity index (χ2v) is 4.03. The summed E-state index contributed by atoms with van der Waals surface area (Å²) in [6, 6.07) is 4.75. The van der Waals surface area contributed by atoms with E-state index >= 15 is 0 Å². The van der Waals surface area contributed by atoms with Gasteiger partial charge in [-0.25, -0.2) is 9.18 Å². The first kappa shape index (κ1) is 14.4. The van der Waals surface area contributed by atoms with Crippen molar-refractivity contribution in [2.45, 2.75) is 0 Å². The number of aromatic nitrogens is 1. The number of rotatable bonds is 4. The molecule has 0 bridgehead atoms. The molecule has 0 unspecified atom stereocenters. The zero-order chi connectivity index (χ0) is 15.4. The Kier molecular flexibility index (Phi) is 4.13. The van der Waals surface area contributed by atoms with Crippen LogP contribution in [0.5, 0.6) is 5.75 Å². The summed E-state index contributed by atoms with van der Waals surface area (Å²) in [6.45, 7) is 0. The number of amides is 1. The van der Waals surface area contributed by atoms with Crippen molar-refractivity contribution in [3.8, 4) is 5.75 Å². The molecule has 2 aromatic rings. The number of methoxy groups -OCH3 is 1. The van der Waals surface area contributed by atoms with Crippen LogP contribution in [-0.2, 0) is 0 Å². The van der Waals surface area contributed by atoms with Gasteiger partial charge in [0.05, 0.1) is 24.4 Å². The lowest BCUT2D eigenvalue weighted by Crippen LogP contribution is -2.14. The zero-order valence-electron chi connectivity index (χ0n) is 11.0. The summed E-state index contributed by atoms with van der Waals surface area (Å²) in [7, 11) is 1.40. The van der Waals surface area contributed by atoms with E-state index in [1.54, 1.807) is 0 Å². The fourth-order valence-corrected chi connectivity index (χ4v) is 1.70. The topological polar surface area (TPSA) is 88.5 Å². The Morgan fingerprint density at radius 3 is 2.71 bits per heavy atom. The lowest BCUT2D eigenvalue weighted by atomic mass is 10.1. The van der Waals surface area contributed by atoms with Crippen molar-refractivity contribution in [3.63, 3.8) is 0 Å². The fraction of sp³-hybridized carbons (Fsp3) is 0.0714. The third-order valence-electron chi connectivity index (χ3n) is 2.70. The van der Waals surface area contributed by atoms with Crippen LogP contribution in [0.1, 0.15) is 20.7 Å². The van der Waals surface area contributed by atoms with E-state index < -0.39 is 23.3 Å². The average molecular weight is 290 g/mol. The van der Waals surface area contributed by atoms with Gasteiger partial charge in [-0.2, -0.15) is 0 Å². The average Bonchev–Trinajstić information content (AvgIpc) is 2.48. The van der Waals surface area contributed by atoms with Gasteiger partial charge < -0.3 is 15.2 Å². The number of aromatic carboxylic acids is 1. The van der Waals surface area contributed by atoms with Gasteiger partial charge >= 0.3 is 5.97 Å². The number of nitrogens with one attached hydrogen (secondary N) is 1. The van der Waals surface area contributed by atoms with Crippen molar-refractivity contribution in [1.82, 2.24) is 4.98 Å². The molecule has 0 saturated heterocycles. The van der Waals surface area contributed by atoms with Crippen molar-refractivity contribution < 1.29 is 23.8 Å². The second kappa shape index (κ2) is 6.00. The number of hydrogen-bond acceptors (Lipinski definition) is 4. The number of halogens is 1. The first-order chi connectivity index (χ1) is 10.0. The third kappa shape index (κ3) is 3.14. The minimum absolute atomic E-state index is 0.165. The van der Waals surface area contributed by atoms with Crippen LogP contribution in [0.2, 0.25) is 0 Å². The van der Waals surface area contributed by atoms with Gasteiger partial charge in [0.2, 0.25) is 0 Å². The highest BCUT2D eigenvalue weighted by atomic mass is 19.1. The summed E-state index contributed by atoms with van der Waals surface area (Å²) in [4.78, 5) is 26.8. The molecule has 0 radical (unpaired) electrons. The van der Waals surface area contributed by atoms with Crippen LogP contribution in [0.15, 0.2) is 36.7 Å². The lowest BCUT2D eigenvalue weighted by molar-refractivity contribution is 0.0691. The van der Waals surface area contributed by atoms with Crippen LogP contribution < -0.4 is 10.1 Å². The Hall–Kier alpha value is -2.96. The van der Waals surface area contributed by atoms with Crippen molar-refractivity contribution >= 4 is 17.6 Å².